The van der Waals surface area contributed by atoms with Crippen molar-refractivity contribution in [1.82, 2.24) is 4.90 Å². The number of hydrogen-bond acceptors (Lipinski definition) is 4. The summed E-state index contributed by atoms with van der Waals surface area (Å²) in [5.41, 5.74) is 6.10. The van der Waals surface area contributed by atoms with Gasteiger partial charge in [0.15, 0.2) is 0 Å². The molecule has 0 bridgehead atoms. The van der Waals surface area contributed by atoms with Gasteiger partial charge in [-0.3, -0.25) is 10.1 Å². The molecular formula is C10H14ClN3O2. The van der Waals surface area contributed by atoms with Crippen molar-refractivity contribution in [2.24, 2.45) is 5.73 Å². The first-order valence-corrected chi connectivity index (χ1v) is 5.24. The van der Waals surface area contributed by atoms with Gasteiger partial charge in [-0.05, 0) is 19.2 Å². The van der Waals surface area contributed by atoms with E-state index in [4.69, 9.17) is 17.3 Å². The van der Waals surface area contributed by atoms with E-state index in [1.54, 1.807) is 12.1 Å². The SMILES string of the molecule is CN(CCN)Cc1ccc(Cl)cc1[N+](=O)[O-]. The highest BCUT2D eigenvalue weighted by atomic mass is 35.5. The number of nitrogens with zero attached hydrogens (tertiary/aromatic N) is 2. The third kappa shape index (κ3) is 3.44. The summed E-state index contributed by atoms with van der Waals surface area (Å²) in [6, 6.07) is 4.70. The molecule has 0 spiro atoms. The Balaban J connectivity index is 2.90. The molecule has 0 fully saturated rings. The molecule has 1 aromatic rings. The number of rotatable bonds is 5. The minimum Gasteiger partial charge on any atom is -0.329 e. The van der Waals surface area contributed by atoms with Crippen LogP contribution in [0.5, 0.6) is 0 Å². The van der Waals surface area contributed by atoms with Gasteiger partial charge in [-0.2, -0.15) is 0 Å². The molecule has 0 saturated heterocycles. The van der Waals surface area contributed by atoms with Gasteiger partial charge >= 0.3 is 0 Å². The lowest BCUT2D eigenvalue weighted by molar-refractivity contribution is -0.385. The molecule has 88 valence electrons. The zero-order valence-corrected chi connectivity index (χ0v) is 9.78. The second-order valence-corrected chi connectivity index (χ2v) is 3.99. The molecule has 0 heterocycles. The highest BCUT2D eigenvalue weighted by molar-refractivity contribution is 6.30. The molecule has 0 aliphatic carbocycles. The first kappa shape index (κ1) is 12.9. The molecule has 0 aliphatic heterocycles. The third-order valence-electron chi connectivity index (χ3n) is 2.20. The fraction of sp³-hybridized carbons (Fsp3) is 0.400. The number of halogens is 1. The molecule has 0 radical (unpaired) electrons. The molecule has 0 unspecified atom stereocenters. The van der Waals surface area contributed by atoms with Gasteiger partial charge in [-0.1, -0.05) is 11.6 Å². The van der Waals surface area contributed by atoms with Crippen molar-refractivity contribution in [3.05, 3.63) is 38.9 Å². The van der Waals surface area contributed by atoms with Crippen molar-refractivity contribution < 1.29 is 4.92 Å². The van der Waals surface area contributed by atoms with Crippen LogP contribution in [0.2, 0.25) is 5.02 Å². The van der Waals surface area contributed by atoms with E-state index in [0.717, 1.165) is 0 Å². The Morgan fingerprint density at radius 3 is 2.81 bits per heavy atom. The van der Waals surface area contributed by atoms with Gasteiger partial charge < -0.3 is 10.6 Å². The topological polar surface area (TPSA) is 72.4 Å². The molecule has 16 heavy (non-hydrogen) atoms. The van der Waals surface area contributed by atoms with Crippen LogP contribution in [0.15, 0.2) is 18.2 Å². The Morgan fingerprint density at radius 2 is 2.25 bits per heavy atom. The molecule has 0 atom stereocenters. The van der Waals surface area contributed by atoms with Gasteiger partial charge in [0.1, 0.15) is 0 Å². The zero-order valence-electron chi connectivity index (χ0n) is 9.02. The fourth-order valence-electron chi connectivity index (χ4n) is 1.43. The molecule has 0 saturated carbocycles. The van der Waals surface area contributed by atoms with Gasteiger partial charge in [0.25, 0.3) is 5.69 Å². The summed E-state index contributed by atoms with van der Waals surface area (Å²) in [7, 11) is 1.87. The third-order valence-corrected chi connectivity index (χ3v) is 2.43. The van der Waals surface area contributed by atoms with E-state index >= 15 is 0 Å². The van der Waals surface area contributed by atoms with Gasteiger partial charge in [0.2, 0.25) is 0 Å². The molecule has 1 aromatic carbocycles. The molecule has 2 N–H and O–H groups in total. The highest BCUT2D eigenvalue weighted by Crippen LogP contribution is 2.23. The van der Waals surface area contributed by atoms with E-state index in [9.17, 15) is 10.1 Å². The second kappa shape index (κ2) is 5.79. The van der Waals surface area contributed by atoms with Crippen molar-refractivity contribution in [3.63, 3.8) is 0 Å². The molecule has 5 nitrogen and oxygen atoms in total. The van der Waals surface area contributed by atoms with Crippen LogP contribution in [0, 0.1) is 10.1 Å². The van der Waals surface area contributed by atoms with Crippen LogP contribution in [0.25, 0.3) is 0 Å². The summed E-state index contributed by atoms with van der Waals surface area (Å²) in [5, 5.41) is 11.2. The summed E-state index contributed by atoms with van der Waals surface area (Å²) < 4.78 is 0. The van der Waals surface area contributed by atoms with Gasteiger partial charge in [0, 0.05) is 36.3 Å². The fourth-order valence-corrected chi connectivity index (χ4v) is 1.60. The van der Waals surface area contributed by atoms with E-state index in [2.05, 4.69) is 0 Å². The van der Waals surface area contributed by atoms with E-state index in [1.807, 2.05) is 11.9 Å². The average molecular weight is 244 g/mol. The normalized spacial score (nSPS) is 10.8. The first-order valence-electron chi connectivity index (χ1n) is 4.86. The van der Waals surface area contributed by atoms with Gasteiger partial charge in [-0.15, -0.1) is 0 Å². The maximum absolute atomic E-state index is 10.8. The number of nitro benzene ring substituents is 1. The Bertz CT molecular complexity index is 384. The van der Waals surface area contributed by atoms with Gasteiger partial charge in [-0.25, -0.2) is 0 Å². The standard InChI is InChI=1S/C10H14ClN3O2/c1-13(5-4-12)7-8-2-3-9(11)6-10(8)14(15)16/h2-3,6H,4-5,7,12H2,1H3. The number of nitro groups is 1. The quantitative estimate of drug-likeness (QED) is 0.630. The van der Waals surface area contributed by atoms with E-state index in [0.29, 0.717) is 30.2 Å². The van der Waals surface area contributed by atoms with Crippen LogP contribution in [0.4, 0.5) is 5.69 Å². The smallest absolute Gasteiger partial charge is 0.275 e. The van der Waals surface area contributed by atoms with Crippen molar-refractivity contribution in [1.29, 1.82) is 0 Å². The monoisotopic (exact) mass is 243 g/mol. The van der Waals surface area contributed by atoms with Gasteiger partial charge in [0.05, 0.1) is 4.92 Å². The predicted molar refractivity (Wildman–Crippen MR) is 63.5 cm³/mol. The average Bonchev–Trinajstić information content (AvgIpc) is 2.20. The lowest BCUT2D eigenvalue weighted by Crippen LogP contribution is -2.25. The summed E-state index contributed by atoms with van der Waals surface area (Å²) >= 11 is 5.72. The number of likely N-dealkylation sites (N-methyl/N-ethyl adjacent to an activating group) is 1. The van der Waals surface area contributed by atoms with Crippen LogP contribution in [0.1, 0.15) is 5.56 Å². The lowest BCUT2D eigenvalue weighted by Gasteiger charge is -2.15. The van der Waals surface area contributed by atoms with Crippen molar-refractivity contribution in [2.75, 3.05) is 20.1 Å². The summed E-state index contributed by atoms with van der Waals surface area (Å²) in [6.07, 6.45) is 0. The lowest BCUT2D eigenvalue weighted by atomic mass is 10.1. The number of hydrogen-bond donors (Lipinski definition) is 1. The summed E-state index contributed by atoms with van der Waals surface area (Å²) in [6.45, 7) is 1.71. The first-order chi connectivity index (χ1) is 7.54. The van der Waals surface area contributed by atoms with Crippen LogP contribution >= 0.6 is 11.6 Å². The van der Waals surface area contributed by atoms with Crippen LogP contribution in [-0.2, 0) is 6.54 Å². The Kier molecular flexibility index (Phi) is 4.67. The van der Waals surface area contributed by atoms with Crippen molar-refractivity contribution in [3.8, 4) is 0 Å². The minimum absolute atomic E-state index is 0.0522. The number of benzene rings is 1. The van der Waals surface area contributed by atoms with Crippen molar-refractivity contribution >= 4 is 17.3 Å². The Morgan fingerprint density at radius 1 is 1.56 bits per heavy atom. The van der Waals surface area contributed by atoms with Crippen LogP contribution in [0.3, 0.4) is 0 Å². The summed E-state index contributed by atoms with van der Waals surface area (Å²) in [5.74, 6) is 0. The highest BCUT2D eigenvalue weighted by Gasteiger charge is 2.15. The van der Waals surface area contributed by atoms with E-state index in [1.165, 1.54) is 6.07 Å². The largest absolute Gasteiger partial charge is 0.329 e. The molecule has 1 rings (SSSR count). The van der Waals surface area contributed by atoms with Crippen LogP contribution in [-0.4, -0.2) is 30.0 Å². The molecule has 0 aliphatic rings. The number of nitrogens with two attached hydrogens (primary N) is 1. The summed E-state index contributed by atoms with van der Waals surface area (Å²) in [4.78, 5) is 12.3. The second-order valence-electron chi connectivity index (χ2n) is 3.56. The molecule has 6 heteroatoms. The van der Waals surface area contributed by atoms with Crippen molar-refractivity contribution in [2.45, 2.75) is 6.54 Å². The molecule has 0 amide bonds. The predicted octanol–water partition coefficient (Wildman–Crippen LogP) is 1.64. The van der Waals surface area contributed by atoms with Crippen LogP contribution < -0.4 is 5.73 Å². The molecule has 0 aromatic heterocycles. The Hall–Kier alpha value is -1.17. The molecular weight excluding hydrogens is 230 g/mol. The van der Waals surface area contributed by atoms with E-state index in [-0.39, 0.29) is 5.69 Å². The minimum atomic E-state index is -0.419. The zero-order chi connectivity index (χ0) is 12.1. The maximum atomic E-state index is 10.8. The maximum Gasteiger partial charge on any atom is 0.275 e. The Labute approximate surface area is 98.9 Å². The van der Waals surface area contributed by atoms with E-state index < -0.39 is 4.92 Å².